The molecule has 0 N–H and O–H groups in total. The van der Waals surface area contributed by atoms with Crippen molar-refractivity contribution in [3.8, 4) is 0 Å². The summed E-state index contributed by atoms with van der Waals surface area (Å²) < 4.78 is 0. The first kappa shape index (κ1) is 12.3. The molecule has 0 saturated heterocycles. The van der Waals surface area contributed by atoms with E-state index in [9.17, 15) is 10.1 Å². The van der Waals surface area contributed by atoms with Gasteiger partial charge in [0.15, 0.2) is 0 Å². The standard InChI is InChI=1S/C13H10N2O2S/c16-15(17)12(11-6-2-1-3-7-11)10-18-13-8-4-5-9-14-13/h1-10H. The van der Waals surface area contributed by atoms with Crippen LogP contribution in [-0.2, 0) is 0 Å². The van der Waals surface area contributed by atoms with Crippen LogP contribution in [0.1, 0.15) is 5.56 Å². The second-order valence-corrected chi connectivity index (χ2v) is 4.30. The van der Waals surface area contributed by atoms with Crippen LogP contribution in [0.25, 0.3) is 5.70 Å². The summed E-state index contributed by atoms with van der Waals surface area (Å²) in [7, 11) is 0. The predicted octanol–water partition coefficient (Wildman–Crippen LogP) is 3.45. The van der Waals surface area contributed by atoms with Crippen molar-refractivity contribution in [2.45, 2.75) is 5.03 Å². The Bertz CT molecular complexity index is 556. The quantitative estimate of drug-likeness (QED) is 0.479. The van der Waals surface area contributed by atoms with Crippen molar-refractivity contribution in [2.24, 2.45) is 0 Å². The van der Waals surface area contributed by atoms with Gasteiger partial charge in [-0.05, 0) is 24.3 Å². The van der Waals surface area contributed by atoms with E-state index in [4.69, 9.17) is 0 Å². The number of benzene rings is 1. The van der Waals surface area contributed by atoms with Crippen molar-refractivity contribution in [1.82, 2.24) is 4.98 Å². The van der Waals surface area contributed by atoms with Crippen molar-refractivity contribution in [1.29, 1.82) is 0 Å². The lowest BCUT2D eigenvalue weighted by Gasteiger charge is -1.98. The molecule has 0 atom stereocenters. The SMILES string of the molecule is O=[N+]([O-])C(=CSc1ccccn1)c1ccccc1. The monoisotopic (exact) mass is 258 g/mol. The van der Waals surface area contributed by atoms with Crippen LogP contribution in [0, 0.1) is 10.1 Å². The Labute approximate surface area is 109 Å². The molecule has 0 saturated carbocycles. The van der Waals surface area contributed by atoms with E-state index < -0.39 is 0 Å². The summed E-state index contributed by atoms with van der Waals surface area (Å²) in [6.07, 6.45) is 1.66. The molecule has 0 fully saturated rings. The van der Waals surface area contributed by atoms with Crippen molar-refractivity contribution in [3.05, 3.63) is 75.8 Å². The van der Waals surface area contributed by atoms with Gasteiger partial charge in [0, 0.05) is 6.20 Å². The Morgan fingerprint density at radius 1 is 1.17 bits per heavy atom. The minimum Gasteiger partial charge on any atom is -0.258 e. The van der Waals surface area contributed by atoms with E-state index in [0.717, 1.165) is 5.03 Å². The third-order valence-corrected chi connectivity index (χ3v) is 3.02. The van der Waals surface area contributed by atoms with E-state index in [1.807, 2.05) is 18.2 Å². The highest BCUT2D eigenvalue weighted by atomic mass is 32.2. The molecule has 0 radical (unpaired) electrons. The molecule has 0 amide bonds. The number of rotatable bonds is 4. The van der Waals surface area contributed by atoms with Crippen LogP contribution in [0.15, 0.2) is 65.2 Å². The molecular formula is C13H10N2O2S. The molecule has 0 bridgehead atoms. The molecule has 1 aromatic heterocycles. The largest absolute Gasteiger partial charge is 0.283 e. The summed E-state index contributed by atoms with van der Waals surface area (Å²) in [4.78, 5) is 14.7. The fraction of sp³-hybridized carbons (Fsp3) is 0. The Kier molecular flexibility index (Phi) is 4.09. The van der Waals surface area contributed by atoms with Crippen LogP contribution >= 0.6 is 11.8 Å². The van der Waals surface area contributed by atoms with Gasteiger partial charge in [-0.2, -0.15) is 0 Å². The number of aromatic nitrogens is 1. The third kappa shape index (κ3) is 3.18. The lowest BCUT2D eigenvalue weighted by atomic mass is 10.2. The van der Waals surface area contributed by atoms with Crippen LogP contribution in [0.4, 0.5) is 0 Å². The molecule has 5 heteroatoms. The van der Waals surface area contributed by atoms with Gasteiger partial charge in [-0.3, -0.25) is 10.1 Å². The van der Waals surface area contributed by atoms with Gasteiger partial charge in [0.25, 0.3) is 5.70 Å². The third-order valence-electron chi connectivity index (χ3n) is 2.20. The topological polar surface area (TPSA) is 56.0 Å². The number of thioether (sulfide) groups is 1. The van der Waals surface area contributed by atoms with Gasteiger partial charge >= 0.3 is 0 Å². The van der Waals surface area contributed by atoms with Crippen molar-refractivity contribution in [3.63, 3.8) is 0 Å². The average molecular weight is 258 g/mol. The summed E-state index contributed by atoms with van der Waals surface area (Å²) in [5.41, 5.74) is 0.664. The first-order valence-corrected chi connectivity index (χ1v) is 6.13. The molecule has 1 aromatic carbocycles. The molecule has 0 aliphatic heterocycles. The lowest BCUT2D eigenvalue weighted by Crippen LogP contribution is -1.96. The predicted molar refractivity (Wildman–Crippen MR) is 71.5 cm³/mol. The van der Waals surface area contributed by atoms with Crippen molar-refractivity contribution >= 4 is 17.5 Å². The summed E-state index contributed by atoms with van der Waals surface area (Å²) in [6, 6.07) is 14.3. The van der Waals surface area contributed by atoms with E-state index >= 15 is 0 Å². The second-order valence-electron chi connectivity index (χ2n) is 3.41. The highest BCUT2D eigenvalue weighted by molar-refractivity contribution is 8.02. The molecule has 0 aliphatic carbocycles. The lowest BCUT2D eigenvalue weighted by molar-refractivity contribution is -0.375. The minimum atomic E-state index is -0.384. The number of pyridine rings is 1. The second kappa shape index (κ2) is 5.97. The molecule has 4 nitrogen and oxygen atoms in total. The molecule has 0 unspecified atom stereocenters. The van der Waals surface area contributed by atoms with E-state index in [1.54, 1.807) is 36.5 Å². The molecule has 0 spiro atoms. The maximum atomic E-state index is 11.0. The Balaban J connectivity index is 2.24. The molecular weight excluding hydrogens is 248 g/mol. The Morgan fingerprint density at radius 3 is 2.50 bits per heavy atom. The van der Waals surface area contributed by atoms with Crippen LogP contribution in [0.5, 0.6) is 0 Å². The van der Waals surface area contributed by atoms with Gasteiger partial charge in [0.2, 0.25) is 0 Å². The maximum Gasteiger partial charge on any atom is 0.283 e. The summed E-state index contributed by atoms with van der Waals surface area (Å²) in [6.45, 7) is 0. The van der Waals surface area contributed by atoms with Gasteiger partial charge in [0.1, 0.15) is 5.03 Å². The first-order chi connectivity index (χ1) is 8.77. The fourth-order valence-corrected chi connectivity index (χ4v) is 2.09. The van der Waals surface area contributed by atoms with Gasteiger partial charge in [-0.1, -0.05) is 36.0 Å². The zero-order valence-electron chi connectivity index (χ0n) is 9.39. The first-order valence-electron chi connectivity index (χ1n) is 5.25. The minimum absolute atomic E-state index is 0.0752. The van der Waals surface area contributed by atoms with E-state index in [0.29, 0.717) is 5.56 Å². The van der Waals surface area contributed by atoms with E-state index in [2.05, 4.69) is 4.98 Å². The van der Waals surface area contributed by atoms with Gasteiger partial charge in [-0.15, -0.1) is 0 Å². The van der Waals surface area contributed by atoms with E-state index in [1.165, 1.54) is 17.2 Å². The van der Waals surface area contributed by atoms with Crippen molar-refractivity contribution < 1.29 is 4.92 Å². The van der Waals surface area contributed by atoms with Crippen LogP contribution in [-0.4, -0.2) is 9.91 Å². The van der Waals surface area contributed by atoms with Crippen LogP contribution in [0.2, 0.25) is 0 Å². The highest BCUT2D eigenvalue weighted by Crippen LogP contribution is 2.23. The Morgan fingerprint density at radius 2 is 1.89 bits per heavy atom. The average Bonchev–Trinajstić information content (AvgIpc) is 2.41. The van der Waals surface area contributed by atoms with Gasteiger partial charge in [0.05, 0.1) is 15.9 Å². The molecule has 0 aliphatic rings. The van der Waals surface area contributed by atoms with Crippen LogP contribution in [0.3, 0.4) is 0 Å². The zero-order chi connectivity index (χ0) is 12.8. The molecule has 2 rings (SSSR count). The number of hydrogen-bond acceptors (Lipinski definition) is 4. The number of nitro groups is 1. The fourth-order valence-electron chi connectivity index (χ4n) is 1.36. The maximum absolute atomic E-state index is 11.0. The smallest absolute Gasteiger partial charge is 0.258 e. The summed E-state index contributed by atoms with van der Waals surface area (Å²) in [5.74, 6) is 0. The van der Waals surface area contributed by atoms with Crippen LogP contribution < -0.4 is 0 Å². The normalized spacial score (nSPS) is 11.2. The van der Waals surface area contributed by atoms with Crippen molar-refractivity contribution in [2.75, 3.05) is 0 Å². The summed E-state index contributed by atoms with van der Waals surface area (Å²) >= 11 is 1.24. The van der Waals surface area contributed by atoms with Gasteiger partial charge < -0.3 is 0 Å². The number of hydrogen-bond donors (Lipinski definition) is 0. The van der Waals surface area contributed by atoms with E-state index in [-0.39, 0.29) is 10.6 Å². The highest BCUT2D eigenvalue weighted by Gasteiger charge is 2.13. The molecule has 18 heavy (non-hydrogen) atoms. The Hall–Kier alpha value is -2.14. The zero-order valence-corrected chi connectivity index (χ0v) is 10.2. The molecule has 1 heterocycles. The summed E-state index contributed by atoms with van der Waals surface area (Å²) in [5, 5.41) is 13.3. The number of nitrogens with zero attached hydrogens (tertiary/aromatic N) is 2. The molecule has 2 aromatic rings. The van der Waals surface area contributed by atoms with Gasteiger partial charge in [-0.25, -0.2) is 4.98 Å². The molecule has 90 valence electrons.